The molecule has 1 saturated heterocycles. The molecule has 3 N–H and O–H groups in total. The number of imidazole rings is 1. The van der Waals surface area contributed by atoms with Crippen LogP contribution >= 0.6 is 11.3 Å². The highest BCUT2D eigenvalue weighted by molar-refractivity contribution is 7.17. The number of aryl methyl sites for hydroxylation is 1. The average Bonchev–Trinajstić information content (AvgIpc) is 3.74. The van der Waals surface area contributed by atoms with Crippen molar-refractivity contribution in [2.24, 2.45) is 0 Å². The van der Waals surface area contributed by atoms with E-state index in [0.717, 1.165) is 34.3 Å². The predicted octanol–water partition coefficient (Wildman–Crippen LogP) is 3.96. The average molecular weight is 549 g/mol. The van der Waals surface area contributed by atoms with Crippen LogP contribution in [0.1, 0.15) is 40.9 Å². The molecule has 0 unspecified atom stereocenters. The molecule has 3 aromatic heterocycles. The third kappa shape index (κ3) is 5.80. The second-order valence-electron chi connectivity index (χ2n) is 9.73. The lowest BCUT2D eigenvalue weighted by Crippen LogP contribution is -2.37. The van der Waals surface area contributed by atoms with E-state index in [9.17, 15) is 14.7 Å². The van der Waals surface area contributed by atoms with Crippen LogP contribution in [0.15, 0.2) is 53.6 Å². The number of carbonyl (C=O) groups excluding carboxylic acids is 2. The van der Waals surface area contributed by atoms with Crippen LogP contribution in [0.3, 0.4) is 0 Å². The maximum atomic E-state index is 13.3. The zero-order valence-corrected chi connectivity index (χ0v) is 22.8. The highest BCUT2D eigenvalue weighted by Crippen LogP contribution is 2.30. The number of aromatic nitrogens is 3. The van der Waals surface area contributed by atoms with Gasteiger partial charge in [-0.3, -0.25) is 14.9 Å². The molecule has 1 fully saturated rings. The molecule has 0 spiro atoms. The summed E-state index contributed by atoms with van der Waals surface area (Å²) >= 11 is 1.32. The summed E-state index contributed by atoms with van der Waals surface area (Å²) < 4.78 is 7.58. The largest absolute Gasteiger partial charge is 0.440 e. The minimum atomic E-state index is -0.275. The SMILES string of the molecule is C=CC(=O)N1CCC[C@@H]1Cn1c(NC(=O)c2ccc(-c3cnc(C)o3)s2)nc2cc(CN[C@@H](C)CO)ccc21. The van der Waals surface area contributed by atoms with Crippen molar-refractivity contribution < 1.29 is 19.1 Å². The van der Waals surface area contributed by atoms with Crippen LogP contribution in [0.4, 0.5) is 5.95 Å². The number of aliphatic hydroxyl groups excluding tert-OH is 1. The van der Waals surface area contributed by atoms with Crippen molar-refractivity contribution in [3.63, 3.8) is 0 Å². The van der Waals surface area contributed by atoms with Gasteiger partial charge in [0.25, 0.3) is 5.91 Å². The van der Waals surface area contributed by atoms with Crippen LogP contribution in [0.25, 0.3) is 21.7 Å². The maximum absolute atomic E-state index is 13.3. The molecule has 1 aliphatic heterocycles. The number of aliphatic hydroxyl groups is 1. The van der Waals surface area contributed by atoms with Crippen molar-refractivity contribution in [2.45, 2.75) is 51.9 Å². The second kappa shape index (κ2) is 11.5. The van der Waals surface area contributed by atoms with Gasteiger partial charge in [-0.2, -0.15) is 0 Å². The number of amides is 2. The Morgan fingerprint density at radius 1 is 1.33 bits per heavy atom. The summed E-state index contributed by atoms with van der Waals surface area (Å²) in [4.78, 5) is 37.9. The third-order valence-corrected chi connectivity index (χ3v) is 7.99. The van der Waals surface area contributed by atoms with E-state index in [1.165, 1.54) is 17.4 Å². The molecule has 39 heavy (non-hydrogen) atoms. The second-order valence-corrected chi connectivity index (χ2v) is 10.8. The van der Waals surface area contributed by atoms with E-state index < -0.39 is 0 Å². The molecule has 0 bridgehead atoms. The summed E-state index contributed by atoms with van der Waals surface area (Å²) in [7, 11) is 0. The number of anilines is 1. The fourth-order valence-corrected chi connectivity index (χ4v) is 5.64. The first-order valence-electron chi connectivity index (χ1n) is 13.0. The van der Waals surface area contributed by atoms with Gasteiger partial charge in [-0.05, 0) is 55.7 Å². The molecule has 4 aromatic rings. The van der Waals surface area contributed by atoms with Crippen LogP contribution < -0.4 is 10.6 Å². The van der Waals surface area contributed by atoms with Gasteiger partial charge in [-0.15, -0.1) is 11.3 Å². The van der Waals surface area contributed by atoms with Crippen molar-refractivity contribution in [2.75, 3.05) is 18.5 Å². The number of likely N-dealkylation sites (tertiary alicyclic amines) is 1. The lowest BCUT2D eigenvalue weighted by molar-refractivity contribution is -0.126. The summed E-state index contributed by atoms with van der Waals surface area (Å²) in [5.74, 6) is 1.24. The molecule has 0 aliphatic carbocycles. The lowest BCUT2D eigenvalue weighted by atomic mass is 10.1. The zero-order chi connectivity index (χ0) is 27.5. The van der Waals surface area contributed by atoms with Crippen molar-refractivity contribution in [3.05, 3.63) is 65.5 Å². The Labute approximate surface area is 230 Å². The lowest BCUT2D eigenvalue weighted by Gasteiger charge is -2.24. The van der Waals surface area contributed by atoms with Gasteiger partial charge in [0.1, 0.15) is 0 Å². The standard InChI is InChI=1S/C28H32N6O4S/c1-4-26(36)33-11-5-6-20(33)15-34-22-8-7-19(13-29-17(2)16-35)12-21(22)31-28(34)32-27(37)25-10-9-24(39-25)23-14-30-18(3)38-23/h4,7-10,12,14,17,20,29,35H,1,5-6,11,13,15-16H2,2-3H3,(H,31,32,37)/t17-,20+/m0/s1. The van der Waals surface area contributed by atoms with E-state index in [2.05, 4.69) is 22.2 Å². The fourth-order valence-electron chi connectivity index (χ4n) is 4.80. The predicted molar refractivity (Wildman–Crippen MR) is 151 cm³/mol. The number of nitrogens with one attached hydrogen (secondary N) is 2. The topological polar surface area (TPSA) is 126 Å². The Morgan fingerprint density at radius 3 is 2.92 bits per heavy atom. The number of carbonyl (C=O) groups is 2. The summed E-state index contributed by atoms with van der Waals surface area (Å²) in [6.07, 6.45) is 4.77. The Balaban J connectivity index is 1.44. The monoisotopic (exact) mass is 548 g/mol. The first-order chi connectivity index (χ1) is 18.9. The summed E-state index contributed by atoms with van der Waals surface area (Å²) in [6, 6.07) is 9.52. The van der Waals surface area contributed by atoms with E-state index in [-0.39, 0.29) is 30.5 Å². The van der Waals surface area contributed by atoms with Crippen molar-refractivity contribution in [1.82, 2.24) is 24.8 Å². The van der Waals surface area contributed by atoms with E-state index in [1.807, 2.05) is 40.7 Å². The van der Waals surface area contributed by atoms with E-state index in [1.54, 1.807) is 19.2 Å². The van der Waals surface area contributed by atoms with Crippen molar-refractivity contribution in [3.8, 4) is 10.6 Å². The number of thiophene rings is 1. The normalized spacial score (nSPS) is 16.1. The van der Waals surface area contributed by atoms with Gasteiger partial charge in [0.05, 0.1) is 39.6 Å². The van der Waals surface area contributed by atoms with Gasteiger partial charge in [0, 0.05) is 32.6 Å². The molecule has 0 radical (unpaired) electrons. The summed E-state index contributed by atoms with van der Waals surface area (Å²) in [5, 5.41) is 15.6. The Kier molecular flexibility index (Phi) is 7.92. The van der Waals surface area contributed by atoms with Gasteiger partial charge in [0.2, 0.25) is 11.9 Å². The smallest absolute Gasteiger partial charge is 0.268 e. The summed E-state index contributed by atoms with van der Waals surface area (Å²) in [6.45, 7) is 9.15. The minimum Gasteiger partial charge on any atom is -0.440 e. The Morgan fingerprint density at radius 2 is 2.18 bits per heavy atom. The van der Waals surface area contributed by atoms with Crippen LogP contribution in [-0.4, -0.2) is 61.6 Å². The van der Waals surface area contributed by atoms with Crippen LogP contribution in [0, 0.1) is 6.92 Å². The molecular weight excluding hydrogens is 516 g/mol. The van der Waals surface area contributed by atoms with E-state index >= 15 is 0 Å². The molecule has 1 aromatic carbocycles. The molecule has 2 amide bonds. The highest BCUT2D eigenvalue weighted by atomic mass is 32.1. The van der Waals surface area contributed by atoms with Crippen LogP contribution in [0.2, 0.25) is 0 Å². The van der Waals surface area contributed by atoms with Gasteiger partial charge in [-0.1, -0.05) is 12.6 Å². The molecule has 1 aliphatic rings. The summed E-state index contributed by atoms with van der Waals surface area (Å²) in [5.41, 5.74) is 2.62. The van der Waals surface area contributed by atoms with E-state index in [4.69, 9.17) is 9.40 Å². The third-order valence-electron chi connectivity index (χ3n) is 6.89. The number of fused-ring (bicyclic) bond motifs is 1. The quantitative estimate of drug-likeness (QED) is 0.256. The van der Waals surface area contributed by atoms with Gasteiger partial charge >= 0.3 is 0 Å². The molecular formula is C28H32N6O4S. The Bertz CT molecular complexity index is 1500. The minimum absolute atomic E-state index is 0.0274. The zero-order valence-electron chi connectivity index (χ0n) is 22.0. The molecule has 204 valence electrons. The van der Waals surface area contributed by atoms with Crippen LogP contribution in [0.5, 0.6) is 0 Å². The first kappa shape index (κ1) is 26.8. The van der Waals surface area contributed by atoms with Gasteiger partial charge < -0.3 is 24.3 Å². The van der Waals surface area contributed by atoms with Crippen molar-refractivity contribution >= 4 is 40.1 Å². The molecule has 2 atom stereocenters. The first-order valence-corrected chi connectivity index (χ1v) is 13.8. The number of hydrogen-bond donors (Lipinski definition) is 3. The van der Waals surface area contributed by atoms with Crippen LogP contribution in [-0.2, 0) is 17.9 Å². The Hall–Kier alpha value is -3.80. The number of oxazole rings is 1. The highest BCUT2D eigenvalue weighted by Gasteiger charge is 2.29. The number of rotatable bonds is 10. The molecule has 10 nitrogen and oxygen atoms in total. The number of hydrogen-bond acceptors (Lipinski definition) is 8. The van der Waals surface area contributed by atoms with Gasteiger partial charge in [-0.25, -0.2) is 9.97 Å². The molecule has 5 rings (SSSR count). The number of benzene rings is 1. The van der Waals surface area contributed by atoms with Gasteiger partial charge in [0.15, 0.2) is 11.7 Å². The maximum Gasteiger partial charge on any atom is 0.268 e. The fraction of sp³-hybridized carbons (Fsp3) is 0.357. The molecule has 4 heterocycles. The number of nitrogens with zero attached hydrogens (tertiary/aromatic N) is 4. The van der Waals surface area contributed by atoms with E-state index in [0.29, 0.717) is 42.1 Å². The molecule has 11 heteroatoms. The molecule has 0 saturated carbocycles. The van der Waals surface area contributed by atoms with Crippen molar-refractivity contribution in [1.29, 1.82) is 0 Å².